The third-order valence-electron chi connectivity index (χ3n) is 5.81. The molecule has 29 heavy (non-hydrogen) atoms. The molecule has 0 aliphatic rings. The third-order valence-corrected chi connectivity index (χ3v) is 5.81. The number of nitrogens with one attached hydrogen (secondary N) is 2. The molecule has 0 saturated carbocycles. The van der Waals surface area contributed by atoms with E-state index in [-0.39, 0.29) is 0 Å². The van der Waals surface area contributed by atoms with Crippen LogP contribution in [-0.2, 0) is 0 Å². The van der Waals surface area contributed by atoms with Crippen molar-refractivity contribution in [2.24, 2.45) is 0 Å². The number of nitrogens with zero attached hydrogens (tertiary/aromatic N) is 3. The maximum Gasteiger partial charge on any atom is 0.127 e. The first-order valence-corrected chi connectivity index (χ1v) is 10.4. The Morgan fingerprint density at radius 1 is 1.07 bits per heavy atom. The Bertz CT molecular complexity index is 1150. The van der Waals surface area contributed by atoms with Crippen LogP contribution in [0.4, 0.5) is 5.82 Å². The summed E-state index contributed by atoms with van der Waals surface area (Å²) in [4.78, 5) is 7.30. The number of rotatable bonds is 8. The Balaban J connectivity index is 1.72. The van der Waals surface area contributed by atoms with E-state index in [1.54, 1.807) is 7.11 Å². The zero-order valence-corrected chi connectivity index (χ0v) is 17.7. The van der Waals surface area contributed by atoms with E-state index >= 15 is 0 Å². The summed E-state index contributed by atoms with van der Waals surface area (Å²) in [5.74, 6) is 1.81. The van der Waals surface area contributed by atoms with E-state index < -0.39 is 0 Å². The van der Waals surface area contributed by atoms with E-state index in [0.29, 0.717) is 0 Å². The zero-order valence-electron chi connectivity index (χ0n) is 17.7. The molecule has 6 nitrogen and oxygen atoms in total. The molecule has 2 heterocycles. The minimum absolute atomic E-state index is 0.848. The number of ether oxygens (including phenoxy) is 1. The molecular formula is C23H29N5O. The number of hydrogen-bond acceptors (Lipinski definition) is 5. The molecule has 0 fully saturated rings. The van der Waals surface area contributed by atoms with Crippen LogP contribution in [0.1, 0.15) is 25.8 Å². The van der Waals surface area contributed by atoms with Crippen LogP contribution in [0.2, 0.25) is 0 Å². The third kappa shape index (κ3) is 3.60. The second-order valence-corrected chi connectivity index (χ2v) is 7.41. The molecule has 152 valence electrons. The van der Waals surface area contributed by atoms with E-state index in [1.165, 1.54) is 0 Å². The van der Waals surface area contributed by atoms with Crippen LogP contribution < -0.4 is 10.1 Å². The molecular weight excluding hydrogens is 362 g/mol. The number of benzene rings is 2. The fourth-order valence-corrected chi connectivity index (χ4v) is 4.03. The summed E-state index contributed by atoms with van der Waals surface area (Å²) >= 11 is 0. The van der Waals surface area contributed by atoms with E-state index in [4.69, 9.17) is 9.72 Å². The Morgan fingerprint density at radius 2 is 1.90 bits per heavy atom. The quantitative estimate of drug-likeness (QED) is 0.425. The second kappa shape index (κ2) is 8.25. The molecule has 0 spiro atoms. The van der Waals surface area contributed by atoms with E-state index in [9.17, 15) is 0 Å². The molecule has 0 unspecified atom stereocenters. The van der Waals surface area contributed by atoms with Crippen molar-refractivity contribution >= 4 is 38.4 Å². The highest BCUT2D eigenvalue weighted by Crippen LogP contribution is 2.35. The van der Waals surface area contributed by atoms with Gasteiger partial charge in [0.15, 0.2) is 0 Å². The first-order valence-electron chi connectivity index (χ1n) is 10.4. The standard InChI is InChI=1S/C23H29N5O/c1-5-28(6-2)11-7-10-24-23-19-13-18-17-12-16(29-4)8-9-21(17)26-22(18)15(3)20(19)14-25-27-23/h8-9,12-14,24,27H,5-7,10-11H2,1-4H3. The van der Waals surface area contributed by atoms with Crippen molar-refractivity contribution in [2.75, 3.05) is 38.6 Å². The summed E-state index contributed by atoms with van der Waals surface area (Å²) in [5, 5.41) is 15.6. The minimum atomic E-state index is 0.848. The zero-order chi connectivity index (χ0) is 20.4. The van der Waals surface area contributed by atoms with E-state index in [2.05, 4.69) is 53.3 Å². The fourth-order valence-electron chi connectivity index (χ4n) is 4.03. The SMILES string of the molecule is CCN(CC)CCCNc1[nH]ncc2c(C)c3nc4ccc(OC)cc4c3cc12. The number of aromatic amines is 1. The van der Waals surface area contributed by atoms with Crippen molar-refractivity contribution in [3.63, 3.8) is 0 Å². The van der Waals surface area contributed by atoms with Crippen LogP contribution in [0.3, 0.4) is 0 Å². The Labute approximate surface area is 171 Å². The topological polar surface area (TPSA) is 66.1 Å². The van der Waals surface area contributed by atoms with Gasteiger partial charge in [0.25, 0.3) is 0 Å². The molecule has 2 N–H and O–H groups in total. The lowest BCUT2D eigenvalue weighted by Gasteiger charge is -2.18. The lowest BCUT2D eigenvalue weighted by Crippen LogP contribution is -2.25. The largest absolute Gasteiger partial charge is 0.497 e. The van der Waals surface area contributed by atoms with Gasteiger partial charge in [0.05, 0.1) is 24.3 Å². The molecule has 0 bridgehead atoms. The first kappa shape index (κ1) is 19.5. The van der Waals surface area contributed by atoms with Crippen LogP contribution in [0, 0.1) is 6.92 Å². The van der Waals surface area contributed by atoms with Crippen LogP contribution in [0.5, 0.6) is 5.75 Å². The Morgan fingerprint density at radius 3 is 2.66 bits per heavy atom. The molecule has 0 aliphatic carbocycles. The molecule has 0 aliphatic heterocycles. The first-order chi connectivity index (χ1) is 14.2. The highest BCUT2D eigenvalue weighted by molar-refractivity contribution is 6.15. The van der Waals surface area contributed by atoms with Crippen molar-refractivity contribution in [1.29, 1.82) is 0 Å². The number of fused-ring (bicyclic) bond motifs is 4. The van der Waals surface area contributed by atoms with Gasteiger partial charge in [0, 0.05) is 28.1 Å². The van der Waals surface area contributed by atoms with E-state index in [1.807, 2.05) is 18.3 Å². The summed E-state index contributed by atoms with van der Waals surface area (Å²) in [6.07, 6.45) is 2.98. The van der Waals surface area contributed by atoms with Gasteiger partial charge in [-0.2, -0.15) is 5.10 Å². The second-order valence-electron chi connectivity index (χ2n) is 7.41. The molecule has 6 heteroatoms. The van der Waals surface area contributed by atoms with Crippen molar-refractivity contribution in [3.05, 3.63) is 36.0 Å². The van der Waals surface area contributed by atoms with Gasteiger partial charge in [0.1, 0.15) is 11.6 Å². The lowest BCUT2D eigenvalue weighted by molar-refractivity contribution is 0.303. The molecule has 2 aromatic heterocycles. The number of hydrogen-bond donors (Lipinski definition) is 2. The summed E-state index contributed by atoms with van der Waals surface area (Å²) in [6.45, 7) is 10.7. The van der Waals surface area contributed by atoms with Gasteiger partial charge >= 0.3 is 0 Å². The number of methoxy groups -OCH3 is 1. The highest BCUT2D eigenvalue weighted by Gasteiger charge is 2.14. The van der Waals surface area contributed by atoms with Gasteiger partial charge in [-0.1, -0.05) is 13.8 Å². The van der Waals surface area contributed by atoms with Crippen molar-refractivity contribution < 1.29 is 4.74 Å². The van der Waals surface area contributed by atoms with Gasteiger partial charge in [-0.15, -0.1) is 0 Å². The van der Waals surface area contributed by atoms with Crippen LogP contribution in [-0.4, -0.2) is 53.4 Å². The molecule has 4 rings (SSSR count). The fraction of sp³-hybridized carbons (Fsp3) is 0.391. The van der Waals surface area contributed by atoms with Crippen LogP contribution in [0.15, 0.2) is 30.5 Å². The summed E-state index contributed by atoms with van der Waals surface area (Å²) in [6, 6.07) is 8.27. The number of H-pyrrole nitrogens is 1. The number of aromatic nitrogens is 3. The van der Waals surface area contributed by atoms with Gasteiger partial charge < -0.3 is 15.0 Å². The predicted molar refractivity (Wildman–Crippen MR) is 121 cm³/mol. The lowest BCUT2D eigenvalue weighted by atomic mass is 10.0. The van der Waals surface area contributed by atoms with Gasteiger partial charge in [-0.25, -0.2) is 4.98 Å². The Hall–Kier alpha value is -2.86. The van der Waals surface area contributed by atoms with Gasteiger partial charge in [-0.05, 0) is 62.8 Å². The Kier molecular flexibility index (Phi) is 5.53. The van der Waals surface area contributed by atoms with Gasteiger partial charge in [-0.3, -0.25) is 5.10 Å². The van der Waals surface area contributed by atoms with Crippen molar-refractivity contribution in [2.45, 2.75) is 27.2 Å². The summed E-state index contributed by atoms with van der Waals surface area (Å²) in [7, 11) is 1.70. The van der Waals surface area contributed by atoms with Crippen LogP contribution >= 0.6 is 0 Å². The van der Waals surface area contributed by atoms with Crippen LogP contribution in [0.25, 0.3) is 32.6 Å². The van der Waals surface area contributed by atoms with E-state index in [0.717, 1.165) is 82.3 Å². The van der Waals surface area contributed by atoms with Crippen molar-refractivity contribution in [1.82, 2.24) is 20.1 Å². The molecule has 0 saturated heterocycles. The van der Waals surface area contributed by atoms with Gasteiger partial charge in [0.2, 0.25) is 0 Å². The average molecular weight is 392 g/mol. The molecule has 0 amide bonds. The monoisotopic (exact) mass is 391 g/mol. The maximum absolute atomic E-state index is 5.42. The number of aryl methyl sites for hydroxylation is 1. The average Bonchev–Trinajstić information content (AvgIpc) is 3.12. The normalized spacial score (nSPS) is 11.8. The molecule has 4 aromatic rings. The smallest absolute Gasteiger partial charge is 0.127 e. The van der Waals surface area contributed by atoms with Crippen molar-refractivity contribution in [3.8, 4) is 5.75 Å². The predicted octanol–water partition coefficient (Wildman–Crippen LogP) is 4.73. The minimum Gasteiger partial charge on any atom is -0.497 e. The maximum atomic E-state index is 5.42. The molecule has 2 aromatic carbocycles. The summed E-state index contributed by atoms with van der Waals surface area (Å²) in [5.41, 5.74) is 3.17. The number of anilines is 1. The highest BCUT2D eigenvalue weighted by atomic mass is 16.5. The summed E-state index contributed by atoms with van der Waals surface area (Å²) < 4.78 is 5.42. The molecule has 0 radical (unpaired) electrons. The molecule has 0 atom stereocenters.